The van der Waals surface area contributed by atoms with Crippen LogP contribution in [0, 0.1) is 5.41 Å². The third kappa shape index (κ3) is 4.70. The quantitative estimate of drug-likeness (QED) is 0.453. The standard InChI is InChI=1S/C21H18BrClF3N3O/c1-3-10-20(2)12-29(19(30)27-15-7-5-14(22)6-8-15)28-18(20)13-4-9-16(17(23)11-13)21(24,25)26/h3-9,11H,1,10,12H2,2H3,(H,27,30). The Labute approximate surface area is 185 Å². The molecule has 0 saturated heterocycles. The van der Waals surface area contributed by atoms with Gasteiger partial charge in [-0.3, -0.25) is 0 Å². The van der Waals surface area contributed by atoms with Crippen molar-refractivity contribution in [3.8, 4) is 0 Å². The first-order valence-electron chi connectivity index (χ1n) is 8.95. The minimum Gasteiger partial charge on any atom is -0.306 e. The van der Waals surface area contributed by atoms with E-state index in [1.807, 2.05) is 6.92 Å². The second-order valence-electron chi connectivity index (χ2n) is 7.19. The second kappa shape index (κ2) is 8.43. The van der Waals surface area contributed by atoms with Crippen LogP contribution in [0.3, 0.4) is 0 Å². The molecule has 1 aliphatic rings. The fourth-order valence-electron chi connectivity index (χ4n) is 3.30. The molecule has 2 aromatic rings. The zero-order valence-electron chi connectivity index (χ0n) is 15.9. The highest BCUT2D eigenvalue weighted by Gasteiger charge is 2.41. The summed E-state index contributed by atoms with van der Waals surface area (Å²) in [6.07, 6.45) is -2.38. The number of hydrazone groups is 1. The van der Waals surface area contributed by atoms with Crippen molar-refractivity contribution in [2.24, 2.45) is 10.5 Å². The van der Waals surface area contributed by atoms with Crippen LogP contribution >= 0.6 is 27.5 Å². The van der Waals surface area contributed by atoms with Gasteiger partial charge in [-0.25, -0.2) is 9.80 Å². The Bertz CT molecular complexity index is 1010. The smallest absolute Gasteiger partial charge is 0.306 e. The summed E-state index contributed by atoms with van der Waals surface area (Å²) < 4.78 is 40.0. The van der Waals surface area contributed by atoms with Crippen molar-refractivity contribution < 1.29 is 18.0 Å². The average molecular weight is 501 g/mol. The molecular formula is C21H18BrClF3N3O. The van der Waals surface area contributed by atoms with Crippen LogP contribution in [0.2, 0.25) is 5.02 Å². The van der Waals surface area contributed by atoms with E-state index < -0.39 is 28.2 Å². The van der Waals surface area contributed by atoms with E-state index >= 15 is 0 Å². The SMILES string of the molecule is C=CCC1(C)CN(C(=O)Nc2ccc(Br)cc2)N=C1c1ccc(C(F)(F)F)c(Cl)c1. The molecule has 4 nitrogen and oxygen atoms in total. The van der Waals surface area contributed by atoms with Crippen molar-refractivity contribution in [2.45, 2.75) is 19.5 Å². The molecule has 0 spiro atoms. The van der Waals surface area contributed by atoms with Crippen LogP contribution in [0.25, 0.3) is 0 Å². The van der Waals surface area contributed by atoms with Crippen LogP contribution in [-0.4, -0.2) is 23.3 Å². The maximum atomic E-state index is 13.0. The number of carbonyl (C=O) groups is 1. The van der Waals surface area contributed by atoms with E-state index in [1.165, 1.54) is 17.1 Å². The third-order valence-corrected chi connectivity index (χ3v) is 5.61. The first-order chi connectivity index (χ1) is 14.0. The van der Waals surface area contributed by atoms with E-state index in [1.54, 1.807) is 30.3 Å². The molecule has 0 radical (unpaired) electrons. The zero-order valence-corrected chi connectivity index (χ0v) is 18.3. The van der Waals surface area contributed by atoms with Gasteiger partial charge in [0.15, 0.2) is 0 Å². The molecule has 3 rings (SSSR count). The largest absolute Gasteiger partial charge is 0.417 e. The highest BCUT2D eigenvalue weighted by atomic mass is 79.9. The highest BCUT2D eigenvalue weighted by molar-refractivity contribution is 9.10. The number of allylic oxidation sites excluding steroid dienone is 1. The van der Waals surface area contributed by atoms with Crippen LogP contribution < -0.4 is 5.32 Å². The maximum Gasteiger partial charge on any atom is 0.417 e. The lowest BCUT2D eigenvalue weighted by Crippen LogP contribution is -2.35. The second-order valence-corrected chi connectivity index (χ2v) is 8.51. The van der Waals surface area contributed by atoms with Gasteiger partial charge in [0.25, 0.3) is 0 Å². The molecule has 1 heterocycles. The molecule has 2 amide bonds. The molecule has 1 N–H and O–H groups in total. The van der Waals surface area contributed by atoms with Gasteiger partial charge >= 0.3 is 12.2 Å². The molecule has 0 aromatic heterocycles. The van der Waals surface area contributed by atoms with Crippen LogP contribution in [0.15, 0.2) is 64.7 Å². The topological polar surface area (TPSA) is 44.7 Å². The van der Waals surface area contributed by atoms with E-state index in [0.29, 0.717) is 23.4 Å². The number of anilines is 1. The number of halogens is 5. The Hall–Kier alpha value is -2.32. The summed E-state index contributed by atoms with van der Waals surface area (Å²) in [4.78, 5) is 12.7. The number of hydrogen-bond donors (Lipinski definition) is 1. The minimum absolute atomic E-state index is 0.245. The number of benzene rings is 2. The molecule has 158 valence electrons. The van der Waals surface area contributed by atoms with Gasteiger partial charge in [0.2, 0.25) is 0 Å². The fourth-order valence-corrected chi connectivity index (χ4v) is 3.85. The Morgan fingerprint density at radius 2 is 2.00 bits per heavy atom. The summed E-state index contributed by atoms with van der Waals surface area (Å²) in [5, 5.41) is 8.03. The predicted octanol–water partition coefficient (Wildman–Crippen LogP) is 6.96. The monoisotopic (exact) mass is 499 g/mol. The van der Waals surface area contributed by atoms with Crippen molar-refractivity contribution in [3.63, 3.8) is 0 Å². The van der Waals surface area contributed by atoms with Gasteiger partial charge < -0.3 is 5.32 Å². The molecule has 0 saturated carbocycles. The van der Waals surface area contributed by atoms with Crippen molar-refractivity contribution >= 4 is 45.0 Å². The van der Waals surface area contributed by atoms with Gasteiger partial charge in [-0.1, -0.05) is 46.6 Å². The van der Waals surface area contributed by atoms with Gasteiger partial charge in [0.1, 0.15) is 0 Å². The number of urea groups is 1. The zero-order chi connectivity index (χ0) is 22.1. The average Bonchev–Trinajstić information content (AvgIpc) is 3.00. The van der Waals surface area contributed by atoms with Crippen LogP contribution in [0.4, 0.5) is 23.7 Å². The van der Waals surface area contributed by atoms with Crippen molar-refractivity contribution in [3.05, 3.63) is 75.7 Å². The van der Waals surface area contributed by atoms with Crippen LogP contribution in [0.5, 0.6) is 0 Å². The molecule has 1 unspecified atom stereocenters. The lowest BCUT2D eigenvalue weighted by atomic mass is 9.79. The summed E-state index contributed by atoms with van der Waals surface area (Å²) in [5.74, 6) is 0. The summed E-state index contributed by atoms with van der Waals surface area (Å²) >= 11 is 9.22. The van der Waals surface area contributed by atoms with E-state index in [0.717, 1.165) is 10.5 Å². The molecule has 0 aliphatic carbocycles. The van der Waals surface area contributed by atoms with Gasteiger partial charge in [0, 0.05) is 15.6 Å². The van der Waals surface area contributed by atoms with E-state index in [-0.39, 0.29) is 6.54 Å². The Balaban J connectivity index is 1.92. The lowest BCUT2D eigenvalue weighted by Gasteiger charge is -2.25. The molecule has 9 heteroatoms. The molecular weight excluding hydrogens is 483 g/mol. The predicted molar refractivity (Wildman–Crippen MR) is 116 cm³/mol. The van der Waals surface area contributed by atoms with E-state index in [9.17, 15) is 18.0 Å². The Morgan fingerprint density at radius 1 is 1.33 bits per heavy atom. The third-order valence-electron chi connectivity index (χ3n) is 4.76. The van der Waals surface area contributed by atoms with Crippen LogP contribution in [0.1, 0.15) is 24.5 Å². The van der Waals surface area contributed by atoms with Gasteiger partial charge in [-0.2, -0.15) is 18.3 Å². The lowest BCUT2D eigenvalue weighted by molar-refractivity contribution is -0.137. The Kier molecular flexibility index (Phi) is 6.29. The number of carbonyl (C=O) groups excluding carboxylic acids is 1. The number of nitrogens with zero attached hydrogens (tertiary/aromatic N) is 2. The van der Waals surface area contributed by atoms with Crippen molar-refractivity contribution in [2.75, 3.05) is 11.9 Å². The van der Waals surface area contributed by atoms with E-state index in [4.69, 9.17) is 11.6 Å². The normalized spacial score (nSPS) is 18.9. The highest BCUT2D eigenvalue weighted by Crippen LogP contribution is 2.39. The summed E-state index contributed by atoms with van der Waals surface area (Å²) in [5.41, 5.74) is -0.0427. The number of amides is 2. The molecule has 30 heavy (non-hydrogen) atoms. The van der Waals surface area contributed by atoms with Crippen molar-refractivity contribution in [1.82, 2.24) is 5.01 Å². The maximum absolute atomic E-state index is 13.0. The number of hydrogen-bond acceptors (Lipinski definition) is 2. The Morgan fingerprint density at radius 3 is 2.57 bits per heavy atom. The molecule has 0 bridgehead atoms. The fraction of sp³-hybridized carbons (Fsp3) is 0.238. The van der Waals surface area contributed by atoms with Gasteiger partial charge in [-0.15, -0.1) is 6.58 Å². The summed E-state index contributed by atoms with van der Waals surface area (Å²) in [7, 11) is 0. The van der Waals surface area contributed by atoms with Gasteiger partial charge in [0.05, 0.1) is 22.8 Å². The molecule has 0 fully saturated rings. The molecule has 1 atom stereocenters. The summed E-state index contributed by atoms with van der Waals surface area (Å²) in [6.45, 7) is 5.88. The number of rotatable bonds is 4. The molecule has 2 aromatic carbocycles. The van der Waals surface area contributed by atoms with Crippen molar-refractivity contribution in [1.29, 1.82) is 0 Å². The molecule has 1 aliphatic heterocycles. The van der Waals surface area contributed by atoms with Crippen LogP contribution in [-0.2, 0) is 6.18 Å². The van der Waals surface area contributed by atoms with Gasteiger partial charge in [-0.05, 0) is 48.4 Å². The summed E-state index contributed by atoms with van der Waals surface area (Å²) in [6, 6.07) is 10.1. The minimum atomic E-state index is -4.55. The number of alkyl halides is 3. The number of nitrogens with one attached hydrogen (secondary N) is 1. The first kappa shape index (κ1) is 22.4. The first-order valence-corrected chi connectivity index (χ1v) is 10.1. The van der Waals surface area contributed by atoms with E-state index in [2.05, 4.69) is 32.9 Å².